The molecule has 1 fully saturated rings. The Kier molecular flexibility index (Phi) is 5.84. The van der Waals surface area contributed by atoms with Crippen LogP contribution in [0.5, 0.6) is 0 Å². The van der Waals surface area contributed by atoms with Crippen LogP contribution in [0.1, 0.15) is 43.1 Å². The predicted molar refractivity (Wildman–Crippen MR) is 103 cm³/mol. The molecule has 6 nitrogen and oxygen atoms in total. The van der Waals surface area contributed by atoms with Crippen LogP contribution >= 0.6 is 0 Å². The largest absolute Gasteiger partial charge is 0.354 e. The zero-order valence-electron chi connectivity index (χ0n) is 15.0. The number of carbonyl (C=O) groups excluding carboxylic acids is 2. The number of benzene rings is 1. The second-order valence-corrected chi connectivity index (χ2v) is 6.53. The van der Waals surface area contributed by atoms with Crippen LogP contribution in [0.25, 0.3) is 0 Å². The van der Waals surface area contributed by atoms with Gasteiger partial charge in [0, 0.05) is 31.4 Å². The minimum absolute atomic E-state index is 0.00565. The van der Waals surface area contributed by atoms with E-state index in [1.54, 1.807) is 12.3 Å². The van der Waals surface area contributed by atoms with E-state index in [-0.39, 0.29) is 11.8 Å². The van der Waals surface area contributed by atoms with Gasteiger partial charge in [-0.2, -0.15) is 0 Å². The molecule has 2 aromatic rings. The Morgan fingerprint density at radius 3 is 2.35 bits per heavy atom. The summed E-state index contributed by atoms with van der Waals surface area (Å²) in [4.78, 5) is 30.0. The second kappa shape index (κ2) is 8.47. The molecule has 0 spiro atoms. The predicted octanol–water partition coefficient (Wildman–Crippen LogP) is 3.80. The quantitative estimate of drug-likeness (QED) is 0.878. The SMILES string of the molecule is CC(=O)Nc1cccc(Nc2ccc(C(=O)N3CCCCCC3)nc2)c1. The molecule has 0 bridgehead atoms. The van der Waals surface area contributed by atoms with Crippen molar-refractivity contribution in [3.8, 4) is 0 Å². The van der Waals surface area contributed by atoms with Crippen molar-refractivity contribution < 1.29 is 9.59 Å². The number of carbonyl (C=O) groups is 2. The summed E-state index contributed by atoms with van der Waals surface area (Å²) in [5.74, 6) is -0.105. The summed E-state index contributed by atoms with van der Waals surface area (Å²) in [5, 5.41) is 5.99. The third-order valence-electron chi connectivity index (χ3n) is 4.35. The Morgan fingerprint density at radius 1 is 0.962 bits per heavy atom. The van der Waals surface area contributed by atoms with Crippen molar-refractivity contribution in [1.29, 1.82) is 0 Å². The van der Waals surface area contributed by atoms with Crippen LogP contribution in [0.15, 0.2) is 42.6 Å². The highest BCUT2D eigenvalue weighted by molar-refractivity contribution is 5.92. The number of likely N-dealkylation sites (tertiary alicyclic amines) is 1. The summed E-state index contributed by atoms with van der Waals surface area (Å²) in [7, 11) is 0. The van der Waals surface area contributed by atoms with Crippen molar-refractivity contribution in [1.82, 2.24) is 9.88 Å². The molecule has 0 aliphatic carbocycles. The summed E-state index contributed by atoms with van der Waals surface area (Å²) in [5.41, 5.74) is 2.83. The lowest BCUT2D eigenvalue weighted by Gasteiger charge is -2.19. The number of nitrogens with one attached hydrogen (secondary N) is 2. The highest BCUT2D eigenvalue weighted by atomic mass is 16.2. The Labute approximate surface area is 153 Å². The number of hydrogen-bond donors (Lipinski definition) is 2. The van der Waals surface area contributed by atoms with Gasteiger partial charge in [0.25, 0.3) is 5.91 Å². The smallest absolute Gasteiger partial charge is 0.272 e. The third-order valence-corrected chi connectivity index (χ3v) is 4.35. The van der Waals surface area contributed by atoms with Gasteiger partial charge in [0.15, 0.2) is 0 Å². The molecule has 2 heterocycles. The number of rotatable bonds is 4. The first kappa shape index (κ1) is 17.9. The number of anilines is 3. The number of pyridine rings is 1. The van der Waals surface area contributed by atoms with Gasteiger partial charge in [-0.15, -0.1) is 0 Å². The molecule has 1 aromatic carbocycles. The number of hydrogen-bond acceptors (Lipinski definition) is 4. The van der Waals surface area contributed by atoms with Crippen LogP contribution in [0.3, 0.4) is 0 Å². The molecule has 2 N–H and O–H groups in total. The summed E-state index contributed by atoms with van der Waals surface area (Å²) in [6.45, 7) is 3.11. The van der Waals surface area contributed by atoms with Crippen LogP contribution in [0.4, 0.5) is 17.1 Å². The van der Waals surface area contributed by atoms with E-state index in [4.69, 9.17) is 0 Å². The van der Waals surface area contributed by atoms with Crippen molar-refractivity contribution >= 4 is 28.9 Å². The molecule has 1 aliphatic rings. The van der Waals surface area contributed by atoms with Gasteiger partial charge in [0.2, 0.25) is 5.91 Å². The van der Waals surface area contributed by atoms with Gasteiger partial charge in [-0.1, -0.05) is 18.9 Å². The zero-order chi connectivity index (χ0) is 18.4. The van der Waals surface area contributed by atoms with E-state index >= 15 is 0 Å². The van der Waals surface area contributed by atoms with Gasteiger partial charge < -0.3 is 15.5 Å². The molecular weight excluding hydrogens is 328 g/mol. The Morgan fingerprint density at radius 2 is 1.69 bits per heavy atom. The lowest BCUT2D eigenvalue weighted by molar-refractivity contribution is -0.114. The van der Waals surface area contributed by atoms with E-state index in [9.17, 15) is 9.59 Å². The van der Waals surface area contributed by atoms with E-state index in [1.165, 1.54) is 19.8 Å². The molecule has 3 rings (SSSR count). The summed E-state index contributed by atoms with van der Waals surface area (Å²) in [6, 6.07) is 11.0. The monoisotopic (exact) mass is 352 g/mol. The fourth-order valence-corrected chi connectivity index (χ4v) is 3.07. The average molecular weight is 352 g/mol. The molecule has 6 heteroatoms. The summed E-state index contributed by atoms with van der Waals surface area (Å²) >= 11 is 0. The lowest BCUT2D eigenvalue weighted by atomic mass is 10.2. The van der Waals surface area contributed by atoms with Gasteiger partial charge in [-0.25, -0.2) is 4.98 Å². The Bertz CT molecular complexity index is 766. The van der Waals surface area contributed by atoms with Crippen molar-refractivity contribution in [2.24, 2.45) is 0 Å². The van der Waals surface area contributed by atoms with Gasteiger partial charge in [-0.05, 0) is 43.2 Å². The van der Waals surface area contributed by atoms with Crippen LogP contribution in [0.2, 0.25) is 0 Å². The topological polar surface area (TPSA) is 74.3 Å². The van der Waals surface area contributed by atoms with Crippen LogP contribution in [-0.2, 0) is 4.79 Å². The van der Waals surface area contributed by atoms with E-state index in [0.717, 1.165) is 43.0 Å². The number of amides is 2. The standard InChI is InChI=1S/C20H24N4O2/c1-15(25)22-16-7-6-8-17(13-16)23-18-9-10-19(21-14-18)20(26)24-11-4-2-3-5-12-24/h6-10,13-14,23H,2-5,11-12H2,1H3,(H,22,25). The molecule has 0 atom stereocenters. The molecule has 1 aliphatic heterocycles. The first-order valence-corrected chi connectivity index (χ1v) is 9.02. The molecule has 136 valence electrons. The fraction of sp³-hybridized carbons (Fsp3) is 0.350. The van der Waals surface area contributed by atoms with Crippen molar-refractivity contribution in [3.05, 3.63) is 48.3 Å². The van der Waals surface area contributed by atoms with E-state index < -0.39 is 0 Å². The highest BCUT2D eigenvalue weighted by Gasteiger charge is 2.18. The molecular formula is C20H24N4O2. The normalized spacial score (nSPS) is 14.4. The maximum absolute atomic E-state index is 12.6. The van der Waals surface area contributed by atoms with Crippen molar-refractivity contribution in [3.63, 3.8) is 0 Å². The molecule has 1 aromatic heterocycles. The molecule has 0 radical (unpaired) electrons. The molecule has 0 saturated carbocycles. The van der Waals surface area contributed by atoms with Gasteiger partial charge >= 0.3 is 0 Å². The van der Waals surface area contributed by atoms with Crippen molar-refractivity contribution in [2.75, 3.05) is 23.7 Å². The first-order chi connectivity index (χ1) is 12.6. The minimum atomic E-state index is -0.111. The number of aromatic nitrogens is 1. The molecule has 2 amide bonds. The number of nitrogens with zero attached hydrogens (tertiary/aromatic N) is 2. The highest BCUT2D eigenvalue weighted by Crippen LogP contribution is 2.20. The van der Waals surface area contributed by atoms with Gasteiger partial charge in [0.05, 0.1) is 11.9 Å². The van der Waals surface area contributed by atoms with Crippen LogP contribution in [-0.4, -0.2) is 34.8 Å². The van der Waals surface area contributed by atoms with Crippen molar-refractivity contribution in [2.45, 2.75) is 32.6 Å². The maximum Gasteiger partial charge on any atom is 0.272 e. The first-order valence-electron chi connectivity index (χ1n) is 9.02. The molecule has 26 heavy (non-hydrogen) atoms. The maximum atomic E-state index is 12.6. The van der Waals surface area contributed by atoms with Gasteiger partial charge in [0.1, 0.15) is 5.69 Å². The zero-order valence-corrected chi connectivity index (χ0v) is 15.0. The lowest BCUT2D eigenvalue weighted by Crippen LogP contribution is -2.32. The Balaban J connectivity index is 1.66. The van der Waals surface area contributed by atoms with Gasteiger partial charge in [-0.3, -0.25) is 9.59 Å². The van der Waals surface area contributed by atoms with Crippen LogP contribution < -0.4 is 10.6 Å². The second-order valence-electron chi connectivity index (χ2n) is 6.53. The van der Waals surface area contributed by atoms with E-state index in [0.29, 0.717) is 5.69 Å². The third kappa shape index (κ3) is 4.81. The van der Waals surface area contributed by atoms with E-state index in [2.05, 4.69) is 15.6 Å². The van der Waals surface area contributed by atoms with Crippen LogP contribution in [0, 0.1) is 0 Å². The van der Waals surface area contributed by atoms with E-state index in [1.807, 2.05) is 35.2 Å². The minimum Gasteiger partial charge on any atom is -0.354 e. The Hall–Kier alpha value is -2.89. The summed E-state index contributed by atoms with van der Waals surface area (Å²) < 4.78 is 0. The average Bonchev–Trinajstić information content (AvgIpc) is 2.91. The molecule has 0 unspecified atom stereocenters. The fourth-order valence-electron chi connectivity index (χ4n) is 3.07. The molecule has 1 saturated heterocycles. The summed E-state index contributed by atoms with van der Waals surface area (Å²) in [6.07, 6.45) is 6.18.